The predicted molar refractivity (Wildman–Crippen MR) is 63.6 cm³/mol. The van der Waals surface area contributed by atoms with Crippen molar-refractivity contribution >= 4 is 11.7 Å². The van der Waals surface area contributed by atoms with Crippen molar-refractivity contribution in [1.82, 2.24) is 0 Å². The third-order valence-electron chi connectivity index (χ3n) is 2.71. The average Bonchev–Trinajstić information content (AvgIpc) is 2.83. The van der Waals surface area contributed by atoms with Gasteiger partial charge in [0.15, 0.2) is 0 Å². The monoisotopic (exact) mass is 280 g/mol. The van der Waals surface area contributed by atoms with Gasteiger partial charge in [-0.05, 0) is 19.1 Å². The van der Waals surface area contributed by atoms with Crippen LogP contribution in [0.15, 0.2) is 23.4 Å². The molecule has 0 saturated heterocycles. The number of carbonyl (C=O) groups is 1. The van der Waals surface area contributed by atoms with Crippen molar-refractivity contribution in [2.75, 3.05) is 6.61 Å². The first kappa shape index (κ1) is 13.9. The molecule has 0 bridgehead atoms. The molecule has 7 heteroatoms. The molecular weight excluding hydrogens is 270 g/mol. The molecule has 0 radical (unpaired) electrons. The lowest BCUT2D eigenvalue weighted by Crippen LogP contribution is -2.39. The van der Waals surface area contributed by atoms with Gasteiger partial charge in [-0.3, -0.25) is 0 Å². The molecule has 104 valence electrons. The van der Waals surface area contributed by atoms with E-state index in [1.807, 2.05) is 0 Å². The Morgan fingerprint density at radius 1 is 1.50 bits per heavy atom. The smallest absolute Gasteiger partial charge is 0.368 e. The number of carbonyl (C=O) groups excluding carboxylic acids is 1. The quantitative estimate of drug-likeness (QED) is 0.793. The summed E-state index contributed by atoms with van der Waals surface area (Å²) in [4.78, 5) is 16.6. The van der Waals surface area contributed by atoms with Crippen LogP contribution in [0.1, 0.15) is 18.9 Å². The Morgan fingerprint density at radius 2 is 2.15 bits per heavy atom. The van der Waals surface area contributed by atoms with E-state index in [4.69, 9.17) is 14.8 Å². The number of nitrogens with zero attached hydrogens (tertiary/aromatic N) is 2. The molecule has 1 unspecified atom stereocenters. The molecule has 1 atom stereocenters. The summed E-state index contributed by atoms with van der Waals surface area (Å²) in [6.07, 6.45) is -0.231. The second kappa shape index (κ2) is 5.25. The molecule has 0 spiro atoms. The molecule has 1 aliphatic rings. The van der Waals surface area contributed by atoms with Crippen molar-refractivity contribution in [3.63, 3.8) is 0 Å². The van der Waals surface area contributed by atoms with Crippen molar-refractivity contribution in [3.05, 3.63) is 35.4 Å². The van der Waals surface area contributed by atoms with E-state index in [1.54, 1.807) is 13.0 Å². The van der Waals surface area contributed by atoms with Crippen LogP contribution in [0.25, 0.3) is 0 Å². The third-order valence-corrected chi connectivity index (χ3v) is 2.71. The minimum atomic E-state index is -1.89. The van der Waals surface area contributed by atoms with Crippen molar-refractivity contribution in [1.29, 1.82) is 5.26 Å². The Bertz CT molecular complexity index is 604. The highest BCUT2D eigenvalue weighted by atomic mass is 19.1. The SMILES string of the molecule is CCOC(=O)C1(C#N)CC(c2cc(F)cc(F)c2)=NO1. The predicted octanol–water partition coefficient (Wildman–Crippen LogP) is 1.91. The van der Waals surface area contributed by atoms with Gasteiger partial charge in [0.2, 0.25) is 0 Å². The second-order valence-corrected chi connectivity index (χ2v) is 4.12. The zero-order valence-corrected chi connectivity index (χ0v) is 10.5. The van der Waals surface area contributed by atoms with Gasteiger partial charge in [0.25, 0.3) is 0 Å². The van der Waals surface area contributed by atoms with Gasteiger partial charge in [-0.2, -0.15) is 5.26 Å². The molecule has 2 rings (SSSR count). The van der Waals surface area contributed by atoms with Crippen LogP contribution in [0.2, 0.25) is 0 Å². The van der Waals surface area contributed by atoms with Crippen LogP contribution >= 0.6 is 0 Å². The highest BCUT2D eigenvalue weighted by molar-refractivity contribution is 6.05. The Morgan fingerprint density at radius 3 is 2.70 bits per heavy atom. The van der Waals surface area contributed by atoms with E-state index in [2.05, 4.69) is 5.16 Å². The molecule has 1 heterocycles. The van der Waals surface area contributed by atoms with E-state index in [-0.39, 0.29) is 24.3 Å². The maximum Gasteiger partial charge on any atom is 0.368 e. The summed E-state index contributed by atoms with van der Waals surface area (Å²) in [5, 5.41) is 12.7. The normalized spacial score (nSPS) is 20.8. The van der Waals surface area contributed by atoms with Crippen LogP contribution in [-0.2, 0) is 14.4 Å². The first-order chi connectivity index (χ1) is 9.50. The molecule has 0 saturated carbocycles. The number of benzene rings is 1. The van der Waals surface area contributed by atoms with Gasteiger partial charge < -0.3 is 9.57 Å². The number of hydrogen-bond donors (Lipinski definition) is 0. The Balaban J connectivity index is 2.26. The van der Waals surface area contributed by atoms with Crippen molar-refractivity contribution in [2.45, 2.75) is 18.9 Å². The number of esters is 1. The molecule has 1 aromatic carbocycles. The van der Waals surface area contributed by atoms with E-state index >= 15 is 0 Å². The number of hydrogen-bond acceptors (Lipinski definition) is 5. The Labute approximate surface area is 113 Å². The van der Waals surface area contributed by atoms with Crippen LogP contribution < -0.4 is 0 Å². The van der Waals surface area contributed by atoms with Crippen molar-refractivity contribution in [2.24, 2.45) is 5.16 Å². The highest BCUT2D eigenvalue weighted by Crippen LogP contribution is 2.28. The summed E-state index contributed by atoms with van der Waals surface area (Å²) in [7, 11) is 0. The lowest BCUT2D eigenvalue weighted by atomic mass is 9.95. The first-order valence-corrected chi connectivity index (χ1v) is 5.81. The van der Waals surface area contributed by atoms with E-state index in [1.165, 1.54) is 0 Å². The number of halogens is 2. The van der Waals surface area contributed by atoms with Crippen LogP contribution in [0.5, 0.6) is 0 Å². The molecular formula is C13H10F2N2O3. The topological polar surface area (TPSA) is 71.7 Å². The van der Waals surface area contributed by atoms with E-state index in [0.717, 1.165) is 12.1 Å². The summed E-state index contributed by atoms with van der Waals surface area (Å²) in [6.45, 7) is 1.66. The molecule has 5 nitrogen and oxygen atoms in total. The fourth-order valence-corrected chi connectivity index (χ4v) is 1.77. The molecule has 0 aromatic heterocycles. The molecule has 1 aromatic rings. The maximum absolute atomic E-state index is 13.1. The van der Waals surface area contributed by atoms with E-state index in [0.29, 0.717) is 6.07 Å². The van der Waals surface area contributed by atoms with Crippen LogP contribution in [-0.4, -0.2) is 23.9 Å². The summed E-state index contributed by atoms with van der Waals surface area (Å²) < 4.78 is 31.0. The molecule has 1 aliphatic heterocycles. The molecule has 0 aliphatic carbocycles. The number of nitriles is 1. The fourth-order valence-electron chi connectivity index (χ4n) is 1.77. The van der Waals surface area contributed by atoms with Gasteiger partial charge in [-0.15, -0.1) is 0 Å². The van der Waals surface area contributed by atoms with Gasteiger partial charge in [0.05, 0.1) is 18.7 Å². The van der Waals surface area contributed by atoms with Crippen LogP contribution in [0.4, 0.5) is 8.78 Å². The minimum absolute atomic E-state index is 0.0789. The Hall–Kier alpha value is -2.49. The van der Waals surface area contributed by atoms with Crippen LogP contribution in [0.3, 0.4) is 0 Å². The average molecular weight is 280 g/mol. The highest BCUT2D eigenvalue weighted by Gasteiger charge is 2.49. The van der Waals surface area contributed by atoms with E-state index in [9.17, 15) is 13.6 Å². The molecule has 0 N–H and O–H groups in total. The zero-order chi connectivity index (χ0) is 14.8. The van der Waals surface area contributed by atoms with Gasteiger partial charge in [0.1, 0.15) is 17.7 Å². The largest absolute Gasteiger partial charge is 0.462 e. The lowest BCUT2D eigenvalue weighted by Gasteiger charge is -2.15. The maximum atomic E-state index is 13.1. The van der Waals surface area contributed by atoms with Crippen molar-refractivity contribution in [3.8, 4) is 6.07 Å². The summed E-state index contributed by atoms with van der Waals surface area (Å²) in [5.41, 5.74) is -1.67. The number of rotatable bonds is 3. The number of oxime groups is 1. The van der Waals surface area contributed by atoms with Gasteiger partial charge in [-0.25, -0.2) is 13.6 Å². The third kappa shape index (κ3) is 2.45. The fraction of sp³-hybridized carbons (Fsp3) is 0.308. The van der Waals surface area contributed by atoms with Crippen molar-refractivity contribution < 1.29 is 23.1 Å². The number of ether oxygens (including phenoxy) is 1. The summed E-state index contributed by atoms with van der Waals surface area (Å²) >= 11 is 0. The minimum Gasteiger partial charge on any atom is -0.462 e. The molecule has 0 fully saturated rings. The Kier molecular flexibility index (Phi) is 3.66. The second-order valence-electron chi connectivity index (χ2n) is 4.12. The summed E-state index contributed by atoms with van der Waals surface area (Å²) in [5.74, 6) is -2.44. The van der Waals surface area contributed by atoms with Gasteiger partial charge in [0, 0.05) is 11.6 Å². The van der Waals surface area contributed by atoms with Crippen LogP contribution in [0, 0.1) is 23.0 Å². The van der Waals surface area contributed by atoms with Gasteiger partial charge >= 0.3 is 11.6 Å². The standard InChI is InChI=1S/C13H10F2N2O3/c1-2-19-12(18)13(7-16)6-11(17-20-13)8-3-9(14)5-10(15)4-8/h3-5H,2,6H2,1H3. The van der Waals surface area contributed by atoms with E-state index < -0.39 is 23.2 Å². The molecule has 0 amide bonds. The zero-order valence-electron chi connectivity index (χ0n) is 10.5. The molecule has 20 heavy (non-hydrogen) atoms. The lowest BCUT2D eigenvalue weighted by molar-refractivity contribution is -0.162. The first-order valence-electron chi connectivity index (χ1n) is 5.81. The van der Waals surface area contributed by atoms with Gasteiger partial charge in [-0.1, -0.05) is 5.16 Å². The summed E-state index contributed by atoms with van der Waals surface area (Å²) in [6, 6.07) is 4.49.